The lowest BCUT2D eigenvalue weighted by Crippen LogP contribution is -2.51. The molecule has 5 unspecified atom stereocenters. The van der Waals surface area contributed by atoms with Gasteiger partial charge in [0.15, 0.2) is 0 Å². The summed E-state index contributed by atoms with van der Waals surface area (Å²) in [6.45, 7) is 24.3. The third-order valence-corrected chi connectivity index (χ3v) is 15.5. The number of benzene rings is 8. The number of aryl methyl sites for hydroxylation is 2. The molecular weight excluding hydrogens is 913 g/mol. The molecule has 0 aliphatic heterocycles. The van der Waals surface area contributed by atoms with Crippen LogP contribution in [0, 0.1) is 13.8 Å². The summed E-state index contributed by atoms with van der Waals surface area (Å²) in [5, 5.41) is 2.06. The topological polar surface area (TPSA) is 55.4 Å². The minimum Gasteiger partial charge on any atom is -0.490 e. The van der Waals surface area contributed by atoms with Gasteiger partial charge < -0.3 is 28.4 Å². The predicted octanol–water partition coefficient (Wildman–Crippen LogP) is 20.2. The fourth-order valence-corrected chi connectivity index (χ4v) is 9.77. The van der Waals surface area contributed by atoms with E-state index in [1.54, 1.807) is 0 Å². The molecule has 8 aromatic carbocycles. The Morgan fingerprint density at radius 1 is 0.459 bits per heavy atom. The smallest absolute Gasteiger partial charge is 0.135 e. The van der Waals surface area contributed by atoms with Gasteiger partial charge in [0, 0.05) is 16.7 Å². The first-order chi connectivity index (χ1) is 35.7. The average Bonchev–Trinajstić information content (AvgIpc) is 3.42. The van der Waals surface area contributed by atoms with Gasteiger partial charge in [0.2, 0.25) is 0 Å². The fraction of sp³-hybridized carbons (Fsp3) is 0.324. The molecule has 6 nitrogen and oxygen atoms in total. The first-order valence-electron chi connectivity index (χ1n) is 26.9. The molecular formula is C68H76O6. The first kappa shape index (κ1) is 53.1. The van der Waals surface area contributed by atoms with E-state index in [0.29, 0.717) is 5.92 Å². The quantitative estimate of drug-likeness (QED) is 0.0636. The monoisotopic (exact) mass is 989 g/mol. The van der Waals surface area contributed by atoms with Crippen LogP contribution in [0.15, 0.2) is 170 Å². The van der Waals surface area contributed by atoms with Crippen LogP contribution in [0.3, 0.4) is 0 Å². The number of ether oxygens (including phenoxy) is 6. The summed E-state index contributed by atoms with van der Waals surface area (Å²) in [5.41, 5.74) is 6.45. The Labute approximate surface area is 441 Å². The van der Waals surface area contributed by atoms with E-state index in [9.17, 15) is 0 Å². The van der Waals surface area contributed by atoms with Crippen molar-refractivity contribution in [2.24, 2.45) is 0 Å². The van der Waals surface area contributed by atoms with Crippen LogP contribution in [0.5, 0.6) is 57.5 Å². The molecule has 0 heterocycles. The van der Waals surface area contributed by atoms with Gasteiger partial charge in [-0.15, -0.1) is 0 Å². The molecule has 6 heteroatoms. The summed E-state index contributed by atoms with van der Waals surface area (Å²) >= 11 is 0. The van der Waals surface area contributed by atoms with E-state index in [2.05, 4.69) is 173 Å². The molecule has 0 fully saturated rings. The van der Waals surface area contributed by atoms with Gasteiger partial charge in [-0.2, -0.15) is 0 Å². The van der Waals surface area contributed by atoms with Gasteiger partial charge >= 0.3 is 0 Å². The molecule has 0 aliphatic rings. The largest absolute Gasteiger partial charge is 0.490 e. The normalized spacial score (nSPS) is 14.3. The van der Waals surface area contributed by atoms with Crippen LogP contribution in [-0.2, 0) is 5.41 Å². The highest BCUT2D eigenvalue weighted by atomic mass is 16.5. The maximum atomic E-state index is 7.21. The maximum Gasteiger partial charge on any atom is 0.135 e. The Morgan fingerprint density at radius 3 is 1.46 bits per heavy atom. The van der Waals surface area contributed by atoms with Crippen LogP contribution in [0.1, 0.15) is 146 Å². The van der Waals surface area contributed by atoms with Gasteiger partial charge in [-0.25, -0.2) is 0 Å². The highest BCUT2D eigenvalue weighted by molar-refractivity contribution is 5.89. The molecule has 0 N–H and O–H groups in total. The lowest BCUT2D eigenvalue weighted by molar-refractivity contribution is -0.00290. The Morgan fingerprint density at radius 2 is 0.946 bits per heavy atom. The third-order valence-electron chi connectivity index (χ3n) is 15.5. The lowest BCUT2D eigenvalue weighted by atomic mass is 9.65. The van der Waals surface area contributed by atoms with E-state index in [1.807, 2.05) is 72.8 Å². The molecule has 5 atom stereocenters. The standard InChI is InChI=1S/C68H76O6/c1-12-16-42-68(11,74-62-38-39-63-54(45-62)18-17-19-66(63)73-61-36-32-58(33-37-61)70-56-26-20-51(21-27-56)46(5)13-2)67(10,15-4)55-24-28-57(29-25-55)71-59-30-34-60(35-31-59)72-65-41-23-53(44-48(65)7)50(9)52-22-40-64(47(6)43-52)69-49(8)14-3/h17-41,43-46,49-50H,12-16,42H2,1-11H3. The predicted molar refractivity (Wildman–Crippen MR) is 305 cm³/mol. The molecule has 8 aromatic rings. The summed E-state index contributed by atoms with van der Waals surface area (Å²) in [5.74, 6) is 8.73. The zero-order valence-electron chi connectivity index (χ0n) is 45.6. The molecule has 0 amide bonds. The summed E-state index contributed by atoms with van der Waals surface area (Å²) in [6.07, 6.45) is 6.19. The van der Waals surface area contributed by atoms with Crippen molar-refractivity contribution in [3.05, 3.63) is 203 Å². The van der Waals surface area contributed by atoms with Crippen LogP contribution in [0.2, 0.25) is 0 Å². The van der Waals surface area contributed by atoms with Gasteiger partial charge in [-0.3, -0.25) is 0 Å². The Hall–Kier alpha value is -7.18. The molecule has 0 saturated carbocycles. The van der Waals surface area contributed by atoms with E-state index in [-0.39, 0.29) is 17.4 Å². The van der Waals surface area contributed by atoms with Crippen LogP contribution < -0.4 is 28.4 Å². The van der Waals surface area contributed by atoms with Crippen LogP contribution in [0.25, 0.3) is 10.8 Å². The van der Waals surface area contributed by atoms with Crippen molar-refractivity contribution < 1.29 is 28.4 Å². The Kier molecular flexibility index (Phi) is 17.1. The van der Waals surface area contributed by atoms with E-state index < -0.39 is 5.60 Å². The van der Waals surface area contributed by atoms with E-state index in [4.69, 9.17) is 28.4 Å². The van der Waals surface area contributed by atoms with Crippen molar-refractivity contribution in [2.75, 3.05) is 0 Å². The van der Waals surface area contributed by atoms with Crippen molar-refractivity contribution in [3.8, 4) is 57.5 Å². The van der Waals surface area contributed by atoms with Crippen molar-refractivity contribution >= 4 is 10.8 Å². The average molecular weight is 989 g/mol. The second-order valence-electron chi connectivity index (χ2n) is 20.6. The summed E-state index contributed by atoms with van der Waals surface area (Å²) in [4.78, 5) is 0. The lowest BCUT2D eigenvalue weighted by Gasteiger charge is -2.47. The van der Waals surface area contributed by atoms with Crippen LogP contribution in [0.4, 0.5) is 0 Å². The first-order valence-corrected chi connectivity index (χ1v) is 26.9. The SMILES string of the molecule is CCCCC(C)(Oc1ccc2c(Oc3ccc(Oc4ccc(C(C)CC)cc4)cc3)cccc2c1)C(C)(CC)c1ccc(Oc2ccc(Oc3ccc(C(C)c4ccc(OC(C)CC)c(C)c4)cc3C)cc2)cc1. The van der Waals surface area contributed by atoms with Gasteiger partial charge in [0.05, 0.1) is 6.10 Å². The molecule has 0 spiro atoms. The number of fused-ring (bicyclic) bond motifs is 1. The van der Waals surface area contributed by atoms with Gasteiger partial charge in [0.25, 0.3) is 0 Å². The zero-order chi connectivity index (χ0) is 52.4. The highest BCUT2D eigenvalue weighted by Gasteiger charge is 2.46. The summed E-state index contributed by atoms with van der Waals surface area (Å²) in [6, 6.07) is 58.0. The van der Waals surface area contributed by atoms with E-state index in [1.165, 1.54) is 22.3 Å². The molecule has 0 aromatic heterocycles. The van der Waals surface area contributed by atoms with Crippen molar-refractivity contribution in [2.45, 2.75) is 144 Å². The molecule has 74 heavy (non-hydrogen) atoms. The summed E-state index contributed by atoms with van der Waals surface area (Å²) < 4.78 is 38.7. The molecule has 0 aliphatic carbocycles. The van der Waals surface area contributed by atoms with Crippen molar-refractivity contribution in [1.82, 2.24) is 0 Å². The molecule has 0 radical (unpaired) electrons. The minimum atomic E-state index is -0.511. The van der Waals surface area contributed by atoms with Crippen LogP contribution in [-0.4, -0.2) is 11.7 Å². The number of hydrogen-bond acceptors (Lipinski definition) is 6. The Balaban J connectivity index is 0.900. The highest BCUT2D eigenvalue weighted by Crippen LogP contribution is 2.46. The minimum absolute atomic E-state index is 0.196. The summed E-state index contributed by atoms with van der Waals surface area (Å²) in [7, 11) is 0. The fourth-order valence-electron chi connectivity index (χ4n) is 9.77. The molecule has 8 rings (SSSR count). The number of unbranched alkanes of at least 4 members (excludes halogenated alkanes) is 1. The third kappa shape index (κ3) is 12.4. The van der Waals surface area contributed by atoms with Crippen LogP contribution >= 0.6 is 0 Å². The second-order valence-corrected chi connectivity index (χ2v) is 20.6. The maximum absolute atomic E-state index is 7.21. The van der Waals surface area contributed by atoms with E-state index >= 15 is 0 Å². The molecule has 384 valence electrons. The van der Waals surface area contributed by atoms with Gasteiger partial charge in [0.1, 0.15) is 63.1 Å². The number of rotatable bonds is 23. The Bertz CT molecular complexity index is 3090. The zero-order valence-corrected chi connectivity index (χ0v) is 45.6. The second kappa shape index (κ2) is 23.8. The molecule has 0 bridgehead atoms. The van der Waals surface area contributed by atoms with Gasteiger partial charge in [-0.05, 0) is 214 Å². The van der Waals surface area contributed by atoms with Gasteiger partial charge in [-0.1, -0.05) is 116 Å². The molecule has 0 saturated heterocycles. The van der Waals surface area contributed by atoms with Crippen molar-refractivity contribution in [1.29, 1.82) is 0 Å². The van der Waals surface area contributed by atoms with E-state index in [0.717, 1.165) is 118 Å². The number of hydrogen-bond donors (Lipinski definition) is 0. The van der Waals surface area contributed by atoms with Crippen molar-refractivity contribution in [3.63, 3.8) is 0 Å².